The Balaban J connectivity index is 1.63. The quantitative estimate of drug-likeness (QED) is 0.261. The maximum atomic E-state index is 14.9. The highest BCUT2D eigenvalue weighted by Crippen LogP contribution is 2.24. The minimum absolute atomic E-state index is 0.112. The van der Waals surface area contributed by atoms with E-state index >= 15 is 0 Å². The highest BCUT2D eigenvalue weighted by Gasteiger charge is 2.16. The van der Waals surface area contributed by atoms with E-state index in [2.05, 4.69) is 23.7 Å². The number of rotatable bonds is 14. The Morgan fingerprint density at radius 2 is 1.71 bits per heavy atom. The molecule has 0 aliphatic heterocycles. The molecule has 3 aromatic carbocycles. The lowest BCUT2D eigenvalue weighted by atomic mass is 9.94. The number of nitrogens with one attached hydrogen (secondary N) is 1. The molecule has 6 heteroatoms. The first-order chi connectivity index (χ1) is 19.6. The van der Waals surface area contributed by atoms with Crippen molar-refractivity contribution in [3.63, 3.8) is 0 Å². The maximum absolute atomic E-state index is 14.9. The fourth-order valence-electron chi connectivity index (χ4n) is 5.24. The molecular weight excluding hydrogens is 515 g/mol. The van der Waals surface area contributed by atoms with Gasteiger partial charge < -0.3 is 15.3 Å². The molecule has 218 valence electrons. The van der Waals surface area contributed by atoms with Crippen LogP contribution in [0.15, 0.2) is 54.6 Å². The molecule has 1 unspecified atom stereocenters. The molecule has 0 aliphatic carbocycles. The molecule has 0 aromatic heterocycles. The highest BCUT2D eigenvalue weighted by atomic mass is 19.1. The number of aliphatic hydroxyl groups excluding tert-OH is 1. The van der Waals surface area contributed by atoms with Gasteiger partial charge in [-0.1, -0.05) is 61.9 Å². The first-order valence-corrected chi connectivity index (χ1v) is 14.4. The molecule has 1 amide bonds. The second kappa shape index (κ2) is 15.3. The normalized spacial score (nSPS) is 12.3. The van der Waals surface area contributed by atoms with Crippen molar-refractivity contribution in [3.05, 3.63) is 93.1 Å². The fraction of sp³-hybridized carbons (Fsp3) is 0.371. The van der Waals surface area contributed by atoms with Crippen LogP contribution >= 0.6 is 0 Å². The molecule has 5 nitrogen and oxygen atoms in total. The van der Waals surface area contributed by atoms with Crippen LogP contribution in [-0.2, 0) is 0 Å². The maximum Gasteiger partial charge on any atom is 0.251 e. The number of carbonyl (C=O) groups is 2. The summed E-state index contributed by atoms with van der Waals surface area (Å²) < 4.78 is 14.9. The Morgan fingerprint density at radius 3 is 2.37 bits per heavy atom. The van der Waals surface area contributed by atoms with Crippen LogP contribution in [0.4, 0.5) is 4.39 Å². The van der Waals surface area contributed by atoms with Crippen molar-refractivity contribution in [3.8, 4) is 11.1 Å². The lowest BCUT2D eigenvalue weighted by Crippen LogP contribution is -2.35. The van der Waals surface area contributed by atoms with Crippen molar-refractivity contribution in [2.24, 2.45) is 5.92 Å². The minimum Gasteiger partial charge on any atom is -0.395 e. The molecule has 0 radical (unpaired) electrons. The molecule has 0 spiro atoms. The number of nitrogens with zero attached hydrogens (tertiary/aromatic N) is 1. The number of ketones is 1. The van der Waals surface area contributed by atoms with Crippen LogP contribution in [0, 0.1) is 25.6 Å². The first kappa shape index (κ1) is 31.8. The standard InChI is InChI=1S/C35H43FN2O3/c1-6-8-27(22-38(5)23-32-25(3)13-17-30(26(32)4)35(41)37-19-20-39)9-7-10-34(40)31-18-16-29(21-33(31)36)28-14-11-24(2)12-15-28/h11-18,21,23,27,39H,3,6-10,19-20,22H2,1-2,4-5H3,(H,37,41)/b32-23+. The van der Waals surface area contributed by atoms with E-state index in [1.165, 1.54) is 6.07 Å². The summed E-state index contributed by atoms with van der Waals surface area (Å²) in [7, 11) is 2.01. The molecule has 1 atom stereocenters. The van der Waals surface area contributed by atoms with E-state index in [9.17, 15) is 14.0 Å². The van der Waals surface area contributed by atoms with Gasteiger partial charge in [0.25, 0.3) is 5.91 Å². The predicted octanol–water partition coefficient (Wildman–Crippen LogP) is 5.38. The van der Waals surface area contributed by atoms with Crippen LogP contribution in [0.1, 0.15) is 70.9 Å². The van der Waals surface area contributed by atoms with Crippen molar-refractivity contribution in [1.29, 1.82) is 0 Å². The number of benzene rings is 3. The lowest BCUT2D eigenvalue weighted by molar-refractivity contribution is 0.0942. The lowest BCUT2D eigenvalue weighted by Gasteiger charge is -2.23. The van der Waals surface area contributed by atoms with E-state index in [4.69, 9.17) is 5.11 Å². The fourth-order valence-corrected chi connectivity index (χ4v) is 5.24. The summed E-state index contributed by atoms with van der Waals surface area (Å²) in [6.45, 7) is 11.1. The third-order valence-corrected chi connectivity index (χ3v) is 7.51. The van der Waals surface area contributed by atoms with Crippen molar-refractivity contribution in [2.75, 3.05) is 26.7 Å². The second-order valence-electron chi connectivity index (χ2n) is 10.9. The third-order valence-electron chi connectivity index (χ3n) is 7.51. The number of amides is 1. The molecule has 0 fully saturated rings. The number of carbonyl (C=O) groups excluding carboxylic acids is 2. The van der Waals surface area contributed by atoms with Gasteiger partial charge in [0.2, 0.25) is 0 Å². The van der Waals surface area contributed by atoms with Gasteiger partial charge in [-0.2, -0.15) is 0 Å². The Labute approximate surface area is 243 Å². The number of hydrogen-bond acceptors (Lipinski definition) is 4. The van der Waals surface area contributed by atoms with Gasteiger partial charge in [-0.3, -0.25) is 9.59 Å². The topological polar surface area (TPSA) is 69.6 Å². The van der Waals surface area contributed by atoms with E-state index < -0.39 is 5.82 Å². The van der Waals surface area contributed by atoms with E-state index in [1.54, 1.807) is 12.1 Å². The smallest absolute Gasteiger partial charge is 0.251 e. The van der Waals surface area contributed by atoms with Crippen molar-refractivity contribution >= 4 is 24.5 Å². The summed E-state index contributed by atoms with van der Waals surface area (Å²) in [5.74, 6) is -0.489. The molecule has 0 saturated heterocycles. The summed E-state index contributed by atoms with van der Waals surface area (Å²) >= 11 is 0. The summed E-state index contributed by atoms with van der Waals surface area (Å²) in [5, 5.41) is 13.5. The second-order valence-corrected chi connectivity index (χ2v) is 10.9. The van der Waals surface area contributed by atoms with Gasteiger partial charge >= 0.3 is 0 Å². The number of halogens is 1. The zero-order valence-electron chi connectivity index (χ0n) is 24.8. The minimum atomic E-state index is -0.473. The summed E-state index contributed by atoms with van der Waals surface area (Å²) in [5.41, 5.74) is 4.39. The molecule has 2 N–H and O–H groups in total. The zero-order valence-corrected chi connectivity index (χ0v) is 24.8. The van der Waals surface area contributed by atoms with Gasteiger partial charge in [-0.25, -0.2) is 4.39 Å². The van der Waals surface area contributed by atoms with Crippen LogP contribution in [0.3, 0.4) is 0 Å². The van der Waals surface area contributed by atoms with Crippen LogP contribution in [0.25, 0.3) is 23.9 Å². The average molecular weight is 559 g/mol. The molecule has 0 saturated carbocycles. The van der Waals surface area contributed by atoms with Gasteiger partial charge in [-0.15, -0.1) is 0 Å². The Morgan fingerprint density at radius 1 is 1.02 bits per heavy atom. The van der Waals surface area contributed by atoms with E-state index in [0.717, 1.165) is 58.5 Å². The van der Waals surface area contributed by atoms with Crippen LogP contribution in [0.2, 0.25) is 0 Å². The van der Waals surface area contributed by atoms with Crippen LogP contribution < -0.4 is 15.8 Å². The van der Waals surface area contributed by atoms with E-state index in [1.807, 2.05) is 63.5 Å². The number of aryl methyl sites for hydroxylation is 1. The van der Waals surface area contributed by atoms with Crippen molar-refractivity contribution < 1.29 is 19.1 Å². The summed E-state index contributed by atoms with van der Waals surface area (Å²) in [4.78, 5) is 27.5. The van der Waals surface area contributed by atoms with E-state index in [-0.39, 0.29) is 30.4 Å². The number of aliphatic hydroxyl groups is 1. The SMILES string of the molecule is C=c1ccc(C(=O)NCCO)c(C)/c1=C/N(C)CC(CCC)CCCC(=O)c1ccc(-c2ccc(C)cc2)cc1F. The highest BCUT2D eigenvalue weighted by molar-refractivity contribution is 5.97. The van der Waals surface area contributed by atoms with Gasteiger partial charge in [0.1, 0.15) is 5.82 Å². The van der Waals surface area contributed by atoms with Crippen LogP contribution in [-0.4, -0.2) is 48.4 Å². The van der Waals surface area contributed by atoms with Gasteiger partial charge in [0, 0.05) is 43.5 Å². The largest absolute Gasteiger partial charge is 0.395 e. The number of Topliss-reactive ketones (excluding diaryl/α,β-unsaturated/α-hetero) is 1. The molecule has 0 heterocycles. The van der Waals surface area contributed by atoms with Crippen molar-refractivity contribution in [1.82, 2.24) is 10.2 Å². The average Bonchev–Trinajstić information content (AvgIpc) is 2.94. The van der Waals surface area contributed by atoms with Crippen molar-refractivity contribution in [2.45, 2.75) is 52.9 Å². The Hall–Kier alpha value is -3.77. The first-order valence-electron chi connectivity index (χ1n) is 14.4. The predicted molar refractivity (Wildman–Crippen MR) is 166 cm³/mol. The van der Waals surface area contributed by atoms with Gasteiger partial charge in [0.15, 0.2) is 5.78 Å². The zero-order chi connectivity index (χ0) is 29.9. The molecule has 3 rings (SSSR count). The Kier molecular flexibility index (Phi) is 11.8. The molecule has 3 aromatic rings. The van der Waals surface area contributed by atoms with E-state index in [0.29, 0.717) is 24.3 Å². The Bertz CT molecular complexity index is 1450. The molecular formula is C35H43FN2O3. The van der Waals surface area contributed by atoms with Crippen LogP contribution in [0.5, 0.6) is 0 Å². The molecule has 0 aliphatic rings. The monoisotopic (exact) mass is 558 g/mol. The number of hydrogen-bond donors (Lipinski definition) is 2. The molecule has 0 bridgehead atoms. The van der Waals surface area contributed by atoms with Gasteiger partial charge in [-0.05, 0) is 79.1 Å². The van der Waals surface area contributed by atoms with Gasteiger partial charge in [0.05, 0.1) is 12.2 Å². The molecule has 41 heavy (non-hydrogen) atoms. The summed E-state index contributed by atoms with van der Waals surface area (Å²) in [6, 6.07) is 16.4. The summed E-state index contributed by atoms with van der Waals surface area (Å²) in [6.07, 6.45) is 5.94. The third kappa shape index (κ3) is 8.86.